The summed E-state index contributed by atoms with van der Waals surface area (Å²) < 4.78 is 42.9. The van der Waals surface area contributed by atoms with Gasteiger partial charge in [-0.3, -0.25) is 0 Å². The molecule has 1 saturated heterocycles. The number of rotatable bonds is 3. The Morgan fingerprint density at radius 3 is 2.74 bits per heavy atom. The fraction of sp³-hybridized carbons (Fsp3) is 0.467. The van der Waals surface area contributed by atoms with Crippen LogP contribution in [0.5, 0.6) is 0 Å². The van der Waals surface area contributed by atoms with Gasteiger partial charge in [0, 0.05) is 13.6 Å². The first-order chi connectivity index (χ1) is 10.9. The van der Waals surface area contributed by atoms with Gasteiger partial charge in [0.05, 0.1) is 10.9 Å². The molecule has 0 amide bonds. The standard InChI is InChI=1S/C15H19FN4O2S/c1-11-6-7-12(9-13(11)16)23(21,22)20-8-4-3-5-14(20)15-18-17-10-19(15)2/h6-7,9-10,14H,3-5,8H2,1-2H3/t14-/m1/s1. The highest BCUT2D eigenvalue weighted by molar-refractivity contribution is 7.89. The number of hydrogen-bond donors (Lipinski definition) is 0. The second-order valence-electron chi connectivity index (χ2n) is 5.84. The van der Waals surface area contributed by atoms with E-state index in [0.717, 1.165) is 18.9 Å². The molecule has 0 aliphatic carbocycles. The summed E-state index contributed by atoms with van der Waals surface area (Å²) in [6, 6.07) is 3.66. The lowest BCUT2D eigenvalue weighted by molar-refractivity contribution is 0.242. The van der Waals surface area contributed by atoms with Gasteiger partial charge in [-0.05, 0) is 37.5 Å². The fourth-order valence-corrected chi connectivity index (χ4v) is 4.58. The van der Waals surface area contributed by atoms with E-state index in [4.69, 9.17) is 0 Å². The first kappa shape index (κ1) is 16.1. The molecule has 1 atom stereocenters. The summed E-state index contributed by atoms with van der Waals surface area (Å²) in [5.74, 6) is 0.0964. The Balaban J connectivity index is 2.02. The number of sulfonamides is 1. The molecule has 1 fully saturated rings. The van der Waals surface area contributed by atoms with E-state index in [9.17, 15) is 12.8 Å². The van der Waals surface area contributed by atoms with Crippen molar-refractivity contribution >= 4 is 10.0 Å². The number of aromatic nitrogens is 3. The van der Waals surface area contributed by atoms with E-state index in [2.05, 4.69) is 10.2 Å². The zero-order chi connectivity index (χ0) is 16.6. The third-order valence-corrected chi connectivity index (χ3v) is 6.15. The molecule has 2 aromatic rings. The van der Waals surface area contributed by atoms with Crippen LogP contribution in [0, 0.1) is 12.7 Å². The van der Waals surface area contributed by atoms with Crippen LogP contribution in [0.3, 0.4) is 0 Å². The van der Waals surface area contributed by atoms with Crippen LogP contribution in [0.15, 0.2) is 29.4 Å². The van der Waals surface area contributed by atoms with Crippen molar-refractivity contribution in [2.45, 2.75) is 37.1 Å². The van der Waals surface area contributed by atoms with E-state index in [-0.39, 0.29) is 10.9 Å². The lowest BCUT2D eigenvalue weighted by atomic mass is 10.0. The Morgan fingerprint density at radius 2 is 2.09 bits per heavy atom. The topological polar surface area (TPSA) is 68.1 Å². The minimum Gasteiger partial charge on any atom is -0.319 e. The summed E-state index contributed by atoms with van der Waals surface area (Å²) in [6.07, 6.45) is 3.94. The normalized spacial score (nSPS) is 19.9. The molecule has 1 aliphatic heterocycles. The maximum Gasteiger partial charge on any atom is 0.243 e. The molecule has 1 aromatic carbocycles. The number of aryl methyl sites for hydroxylation is 2. The van der Waals surface area contributed by atoms with Crippen molar-refractivity contribution in [3.8, 4) is 0 Å². The smallest absolute Gasteiger partial charge is 0.243 e. The van der Waals surface area contributed by atoms with E-state index < -0.39 is 15.8 Å². The summed E-state index contributed by atoms with van der Waals surface area (Å²) in [6.45, 7) is 2.00. The maximum atomic E-state index is 13.8. The molecule has 1 aromatic heterocycles. The van der Waals surface area contributed by atoms with Gasteiger partial charge in [0.1, 0.15) is 12.1 Å². The second-order valence-corrected chi connectivity index (χ2v) is 7.73. The van der Waals surface area contributed by atoms with Crippen LogP contribution in [-0.4, -0.2) is 34.0 Å². The molecule has 0 saturated carbocycles. The van der Waals surface area contributed by atoms with Gasteiger partial charge in [-0.1, -0.05) is 12.5 Å². The average molecular weight is 338 g/mol. The zero-order valence-electron chi connectivity index (χ0n) is 13.1. The van der Waals surface area contributed by atoms with Crippen molar-refractivity contribution in [3.63, 3.8) is 0 Å². The molecule has 0 unspecified atom stereocenters. The Kier molecular flexibility index (Phi) is 4.20. The highest BCUT2D eigenvalue weighted by Crippen LogP contribution is 2.34. The van der Waals surface area contributed by atoms with Gasteiger partial charge in [-0.15, -0.1) is 10.2 Å². The molecule has 0 N–H and O–H groups in total. The minimum atomic E-state index is -3.78. The zero-order valence-corrected chi connectivity index (χ0v) is 13.9. The van der Waals surface area contributed by atoms with Crippen LogP contribution < -0.4 is 0 Å². The monoisotopic (exact) mass is 338 g/mol. The minimum absolute atomic E-state index is 0.0188. The SMILES string of the molecule is Cc1ccc(S(=O)(=O)N2CCCC[C@@H]2c2nncn2C)cc1F. The van der Waals surface area contributed by atoms with Crippen molar-refractivity contribution in [1.29, 1.82) is 0 Å². The van der Waals surface area contributed by atoms with E-state index in [1.807, 2.05) is 0 Å². The maximum absolute atomic E-state index is 13.8. The molecule has 3 rings (SSSR count). The van der Waals surface area contributed by atoms with E-state index in [0.29, 0.717) is 24.4 Å². The van der Waals surface area contributed by atoms with Crippen molar-refractivity contribution in [3.05, 3.63) is 41.7 Å². The van der Waals surface area contributed by atoms with Gasteiger partial charge in [-0.2, -0.15) is 4.31 Å². The van der Waals surface area contributed by atoms with Crippen molar-refractivity contribution in [1.82, 2.24) is 19.1 Å². The summed E-state index contributed by atoms with van der Waals surface area (Å²) in [5.41, 5.74) is 0.424. The predicted molar refractivity (Wildman–Crippen MR) is 82.6 cm³/mol. The molecule has 6 nitrogen and oxygen atoms in total. The summed E-state index contributed by atoms with van der Waals surface area (Å²) >= 11 is 0. The quantitative estimate of drug-likeness (QED) is 0.860. The first-order valence-electron chi connectivity index (χ1n) is 7.53. The van der Waals surface area contributed by atoms with E-state index >= 15 is 0 Å². The van der Waals surface area contributed by atoms with Crippen LogP contribution >= 0.6 is 0 Å². The molecule has 124 valence electrons. The number of piperidine rings is 1. The van der Waals surface area contributed by atoms with Gasteiger partial charge in [-0.25, -0.2) is 12.8 Å². The number of hydrogen-bond acceptors (Lipinski definition) is 4. The van der Waals surface area contributed by atoms with Gasteiger partial charge >= 0.3 is 0 Å². The Hall–Kier alpha value is -1.80. The van der Waals surface area contributed by atoms with E-state index in [1.54, 1.807) is 24.9 Å². The highest BCUT2D eigenvalue weighted by Gasteiger charge is 2.36. The summed E-state index contributed by atoms with van der Waals surface area (Å²) in [5, 5.41) is 7.90. The third-order valence-electron chi connectivity index (χ3n) is 4.25. The van der Waals surface area contributed by atoms with Gasteiger partial charge in [0.2, 0.25) is 10.0 Å². The molecule has 8 heteroatoms. The Bertz CT molecular complexity index is 819. The molecule has 0 spiro atoms. The van der Waals surface area contributed by atoms with Crippen molar-refractivity contribution in [2.75, 3.05) is 6.54 Å². The molecule has 1 aliphatic rings. The van der Waals surface area contributed by atoms with Crippen LogP contribution in [0.4, 0.5) is 4.39 Å². The number of nitrogens with zero attached hydrogens (tertiary/aromatic N) is 4. The molecule has 23 heavy (non-hydrogen) atoms. The van der Waals surface area contributed by atoms with Gasteiger partial charge in [0.25, 0.3) is 0 Å². The summed E-state index contributed by atoms with van der Waals surface area (Å²) in [7, 11) is -1.99. The van der Waals surface area contributed by atoms with Crippen molar-refractivity contribution < 1.29 is 12.8 Å². The van der Waals surface area contributed by atoms with E-state index in [1.165, 1.54) is 16.4 Å². The third kappa shape index (κ3) is 2.88. The average Bonchev–Trinajstić information content (AvgIpc) is 2.96. The molecular formula is C15H19FN4O2S. The lowest BCUT2D eigenvalue weighted by Crippen LogP contribution is -2.39. The van der Waals surface area contributed by atoms with Gasteiger partial charge < -0.3 is 4.57 Å². The molecule has 0 radical (unpaired) electrons. The predicted octanol–water partition coefficient (Wildman–Crippen LogP) is 2.18. The van der Waals surface area contributed by atoms with Crippen molar-refractivity contribution in [2.24, 2.45) is 7.05 Å². The van der Waals surface area contributed by atoms with Gasteiger partial charge in [0.15, 0.2) is 5.82 Å². The van der Waals surface area contributed by atoms with Crippen LogP contribution in [0.25, 0.3) is 0 Å². The van der Waals surface area contributed by atoms with Crippen LogP contribution in [0.2, 0.25) is 0 Å². The molecule has 0 bridgehead atoms. The Labute approximate surface area is 135 Å². The lowest BCUT2D eigenvalue weighted by Gasteiger charge is -2.33. The number of benzene rings is 1. The molecule has 2 heterocycles. The highest BCUT2D eigenvalue weighted by atomic mass is 32.2. The molecular weight excluding hydrogens is 319 g/mol. The van der Waals surface area contributed by atoms with Crippen LogP contribution in [0.1, 0.15) is 36.7 Å². The summed E-state index contributed by atoms with van der Waals surface area (Å²) in [4.78, 5) is -0.0188. The number of halogens is 1. The second kappa shape index (κ2) is 6.01. The van der Waals surface area contributed by atoms with Crippen LogP contribution in [-0.2, 0) is 17.1 Å². The fourth-order valence-electron chi connectivity index (χ4n) is 2.91. The largest absolute Gasteiger partial charge is 0.319 e. The first-order valence-corrected chi connectivity index (χ1v) is 8.97. The Morgan fingerprint density at radius 1 is 1.30 bits per heavy atom.